The fourth-order valence-electron chi connectivity index (χ4n) is 6.34. The second-order valence-corrected chi connectivity index (χ2v) is 11.5. The molecule has 1 aromatic heterocycles. The molecule has 6 heteroatoms. The zero-order valence-corrected chi connectivity index (χ0v) is 21.7. The molecule has 0 bridgehead atoms. The van der Waals surface area contributed by atoms with Crippen LogP contribution in [0.15, 0.2) is 42.6 Å². The zero-order valence-electron chi connectivity index (χ0n) is 21.7. The minimum Gasteiger partial charge on any atom is -0.477 e. The molecule has 0 spiro atoms. The predicted octanol–water partition coefficient (Wildman–Crippen LogP) is 5.02. The second-order valence-electron chi connectivity index (χ2n) is 11.5. The fourth-order valence-corrected chi connectivity index (χ4v) is 6.34. The van der Waals surface area contributed by atoms with Gasteiger partial charge in [-0.2, -0.15) is 0 Å². The van der Waals surface area contributed by atoms with E-state index in [4.69, 9.17) is 4.74 Å². The molecular formula is C30H41N3O3. The van der Waals surface area contributed by atoms with Crippen molar-refractivity contribution in [3.63, 3.8) is 0 Å². The summed E-state index contributed by atoms with van der Waals surface area (Å²) in [5, 5.41) is 9.51. The summed E-state index contributed by atoms with van der Waals surface area (Å²) in [6.45, 7) is 7.60. The molecular weight excluding hydrogens is 450 g/mol. The lowest BCUT2D eigenvalue weighted by molar-refractivity contribution is 0.0677. The SMILES string of the molecule is CC1(CN2CCC(COc3ccc(-c4ccc(C(=O)N5CCC[C@@H]5CO)cc4)cn3)CC2)CCCC1. The molecule has 6 nitrogen and oxygen atoms in total. The van der Waals surface area contributed by atoms with E-state index in [0.29, 0.717) is 22.8 Å². The Balaban J connectivity index is 1.09. The average molecular weight is 492 g/mol. The molecule has 1 aliphatic carbocycles. The van der Waals surface area contributed by atoms with E-state index in [2.05, 4.69) is 16.8 Å². The number of benzene rings is 1. The van der Waals surface area contributed by atoms with Crippen molar-refractivity contribution in [2.24, 2.45) is 11.3 Å². The summed E-state index contributed by atoms with van der Waals surface area (Å²) in [4.78, 5) is 21.8. The van der Waals surface area contributed by atoms with Crippen molar-refractivity contribution in [1.29, 1.82) is 0 Å². The highest BCUT2D eigenvalue weighted by Crippen LogP contribution is 2.38. The molecule has 0 radical (unpaired) electrons. The van der Waals surface area contributed by atoms with E-state index >= 15 is 0 Å². The van der Waals surface area contributed by atoms with Gasteiger partial charge < -0.3 is 19.6 Å². The Morgan fingerprint density at radius 3 is 2.39 bits per heavy atom. The number of amides is 1. The van der Waals surface area contributed by atoms with Gasteiger partial charge in [-0.25, -0.2) is 4.98 Å². The minimum atomic E-state index is -0.0539. The zero-order chi connectivity index (χ0) is 25.0. The van der Waals surface area contributed by atoms with Gasteiger partial charge in [0.05, 0.1) is 19.3 Å². The van der Waals surface area contributed by atoms with E-state index in [-0.39, 0.29) is 18.6 Å². The third kappa shape index (κ3) is 5.92. The van der Waals surface area contributed by atoms with Gasteiger partial charge in [-0.1, -0.05) is 31.9 Å². The van der Waals surface area contributed by atoms with Gasteiger partial charge in [0, 0.05) is 36.5 Å². The average Bonchev–Trinajstić information content (AvgIpc) is 3.57. The number of likely N-dealkylation sites (tertiary alicyclic amines) is 2. The van der Waals surface area contributed by atoms with Crippen molar-refractivity contribution in [2.45, 2.75) is 64.3 Å². The highest BCUT2D eigenvalue weighted by Gasteiger charge is 2.32. The van der Waals surface area contributed by atoms with E-state index in [9.17, 15) is 9.90 Å². The number of rotatable bonds is 8. The summed E-state index contributed by atoms with van der Waals surface area (Å²) in [6.07, 6.45) is 11.7. The Kier molecular flexibility index (Phi) is 7.92. The smallest absolute Gasteiger partial charge is 0.254 e. The topological polar surface area (TPSA) is 65.9 Å². The summed E-state index contributed by atoms with van der Waals surface area (Å²) >= 11 is 0. The first-order chi connectivity index (χ1) is 17.5. The third-order valence-corrected chi connectivity index (χ3v) is 8.64. The molecule has 2 saturated heterocycles. The standard InChI is InChI=1S/C30H41N3O3/c1-30(14-2-3-15-30)22-32-17-12-23(13-18-32)21-36-28-11-10-26(19-31-28)24-6-8-25(9-7-24)29(35)33-16-4-5-27(33)20-34/h6-11,19,23,27,34H,2-5,12-18,20-22H2,1H3/t27-/m1/s1. The quantitative estimate of drug-likeness (QED) is 0.562. The van der Waals surface area contributed by atoms with Gasteiger partial charge in [0.25, 0.3) is 5.91 Å². The third-order valence-electron chi connectivity index (χ3n) is 8.64. The van der Waals surface area contributed by atoms with Gasteiger partial charge in [-0.3, -0.25) is 4.79 Å². The second kappa shape index (κ2) is 11.3. The summed E-state index contributed by atoms with van der Waals surface area (Å²) in [5.74, 6) is 1.28. The maximum Gasteiger partial charge on any atom is 0.254 e. The predicted molar refractivity (Wildman–Crippen MR) is 142 cm³/mol. The minimum absolute atomic E-state index is 0.00135. The van der Waals surface area contributed by atoms with E-state index in [0.717, 1.165) is 37.1 Å². The van der Waals surface area contributed by atoms with Crippen LogP contribution in [0.5, 0.6) is 5.88 Å². The van der Waals surface area contributed by atoms with Crippen LogP contribution in [0, 0.1) is 11.3 Å². The van der Waals surface area contributed by atoms with E-state index in [1.54, 1.807) is 4.90 Å². The number of aliphatic hydroxyl groups is 1. The molecule has 1 N–H and O–H groups in total. The van der Waals surface area contributed by atoms with Crippen LogP contribution in [-0.2, 0) is 0 Å². The van der Waals surface area contributed by atoms with Gasteiger partial charge in [0.1, 0.15) is 0 Å². The van der Waals surface area contributed by atoms with Crippen LogP contribution in [0.2, 0.25) is 0 Å². The van der Waals surface area contributed by atoms with Gasteiger partial charge in [0.2, 0.25) is 5.88 Å². The Bertz CT molecular complexity index is 993. The van der Waals surface area contributed by atoms with Crippen LogP contribution in [-0.4, -0.2) is 71.2 Å². The number of ether oxygens (including phenoxy) is 1. The van der Waals surface area contributed by atoms with Crippen LogP contribution >= 0.6 is 0 Å². The molecule has 1 atom stereocenters. The number of aliphatic hydroxyl groups excluding tert-OH is 1. The van der Waals surface area contributed by atoms with Crippen LogP contribution < -0.4 is 4.74 Å². The lowest BCUT2D eigenvalue weighted by Crippen LogP contribution is -2.41. The first-order valence-corrected chi connectivity index (χ1v) is 13.9. The van der Waals surface area contributed by atoms with E-state index < -0.39 is 0 Å². The first-order valence-electron chi connectivity index (χ1n) is 13.9. The van der Waals surface area contributed by atoms with Gasteiger partial charge >= 0.3 is 0 Å². The molecule has 3 heterocycles. The largest absolute Gasteiger partial charge is 0.477 e. The Hall–Kier alpha value is -2.44. The molecule has 2 aromatic rings. The normalized spacial score (nSPS) is 22.7. The van der Waals surface area contributed by atoms with E-state index in [1.807, 2.05) is 42.6 Å². The molecule has 1 aromatic carbocycles. The Morgan fingerprint density at radius 2 is 1.72 bits per heavy atom. The summed E-state index contributed by atoms with van der Waals surface area (Å²) < 4.78 is 6.05. The molecule has 36 heavy (non-hydrogen) atoms. The Labute approximate surface area is 215 Å². The van der Waals surface area contributed by atoms with Gasteiger partial charge in [-0.15, -0.1) is 0 Å². The number of hydrogen-bond donors (Lipinski definition) is 1. The number of hydrogen-bond acceptors (Lipinski definition) is 5. The van der Waals surface area contributed by atoms with Crippen molar-refractivity contribution < 1.29 is 14.6 Å². The number of carbonyl (C=O) groups excluding carboxylic acids is 1. The molecule has 1 saturated carbocycles. The molecule has 3 fully saturated rings. The summed E-state index contributed by atoms with van der Waals surface area (Å²) in [5.41, 5.74) is 3.23. The van der Waals surface area contributed by atoms with Crippen molar-refractivity contribution in [1.82, 2.24) is 14.8 Å². The van der Waals surface area contributed by atoms with Crippen molar-refractivity contribution in [3.05, 3.63) is 48.2 Å². The molecule has 2 aliphatic heterocycles. The maximum absolute atomic E-state index is 12.8. The number of carbonyl (C=O) groups is 1. The van der Waals surface area contributed by atoms with Crippen LogP contribution in [0.1, 0.15) is 68.6 Å². The monoisotopic (exact) mass is 491 g/mol. The van der Waals surface area contributed by atoms with Crippen molar-refractivity contribution in [3.8, 4) is 17.0 Å². The van der Waals surface area contributed by atoms with Gasteiger partial charge in [0.15, 0.2) is 0 Å². The van der Waals surface area contributed by atoms with Crippen molar-refractivity contribution >= 4 is 5.91 Å². The highest BCUT2D eigenvalue weighted by molar-refractivity contribution is 5.95. The van der Waals surface area contributed by atoms with Crippen LogP contribution in [0.4, 0.5) is 0 Å². The number of nitrogens with zero attached hydrogens (tertiary/aromatic N) is 3. The molecule has 1 amide bonds. The fraction of sp³-hybridized carbons (Fsp3) is 0.600. The highest BCUT2D eigenvalue weighted by atomic mass is 16.5. The summed E-state index contributed by atoms with van der Waals surface area (Å²) in [7, 11) is 0. The molecule has 0 unspecified atom stereocenters. The number of aromatic nitrogens is 1. The van der Waals surface area contributed by atoms with Crippen LogP contribution in [0.25, 0.3) is 11.1 Å². The maximum atomic E-state index is 12.8. The van der Waals surface area contributed by atoms with Crippen LogP contribution in [0.3, 0.4) is 0 Å². The number of piperidine rings is 1. The lowest BCUT2D eigenvalue weighted by Gasteiger charge is -2.37. The van der Waals surface area contributed by atoms with E-state index in [1.165, 1.54) is 58.2 Å². The molecule has 194 valence electrons. The lowest BCUT2D eigenvalue weighted by atomic mass is 9.87. The van der Waals surface area contributed by atoms with Gasteiger partial charge in [-0.05, 0) is 86.7 Å². The molecule has 5 rings (SSSR count). The summed E-state index contributed by atoms with van der Waals surface area (Å²) in [6, 6.07) is 11.6. The van der Waals surface area contributed by atoms with Crippen molar-refractivity contribution in [2.75, 3.05) is 39.4 Å². The first kappa shape index (κ1) is 25.2. The molecule has 3 aliphatic rings. The Morgan fingerprint density at radius 1 is 1.00 bits per heavy atom. The number of pyridine rings is 1.